The molecule has 0 saturated carbocycles. The molecule has 1 unspecified atom stereocenters. The summed E-state index contributed by atoms with van der Waals surface area (Å²) in [4.78, 5) is 25.1. The van der Waals surface area contributed by atoms with Crippen molar-refractivity contribution in [2.24, 2.45) is 0 Å². The van der Waals surface area contributed by atoms with Crippen LogP contribution in [0.4, 0.5) is 10.6 Å². The maximum Gasteiger partial charge on any atom is 0.320 e. The minimum atomic E-state index is -0.901. The summed E-state index contributed by atoms with van der Waals surface area (Å²) in [6.07, 6.45) is 1.72. The maximum atomic E-state index is 12.9. The molecule has 2 aromatic heterocycles. The Morgan fingerprint density at radius 2 is 1.97 bits per heavy atom. The number of aliphatic carboxylic acids is 1. The van der Waals surface area contributed by atoms with Gasteiger partial charge in [-0.05, 0) is 53.1 Å². The van der Waals surface area contributed by atoms with Crippen LogP contribution in [-0.4, -0.2) is 26.9 Å². The number of carboxylic acids is 1. The summed E-state index contributed by atoms with van der Waals surface area (Å²) in [5.41, 5.74) is 4.49. The molecule has 5 rings (SSSR count). The van der Waals surface area contributed by atoms with Gasteiger partial charge in [0.2, 0.25) is 0 Å². The topological polar surface area (TPSA) is 96.2 Å². The van der Waals surface area contributed by atoms with E-state index in [0.717, 1.165) is 29.0 Å². The summed E-state index contributed by atoms with van der Waals surface area (Å²) in [5, 5.41) is 21.8. The molecule has 2 aromatic carbocycles. The van der Waals surface area contributed by atoms with Gasteiger partial charge in [0.1, 0.15) is 11.5 Å². The van der Waals surface area contributed by atoms with Crippen LogP contribution in [-0.2, 0) is 17.6 Å². The molecule has 0 saturated heterocycles. The number of urea groups is 1. The van der Waals surface area contributed by atoms with E-state index in [2.05, 4.69) is 22.8 Å². The van der Waals surface area contributed by atoms with Gasteiger partial charge in [0.25, 0.3) is 0 Å². The van der Waals surface area contributed by atoms with Crippen molar-refractivity contribution < 1.29 is 14.7 Å². The van der Waals surface area contributed by atoms with E-state index >= 15 is 0 Å². The number of aryl methyl sites for hydroxylation is 1. The van der Waals surface area contributed by atoms with Gasteiger partial charge in [-0.15, -0.1) is 11.3 Å². The number of hydrogen-bond acceptors (Lipinski definition) is 4. The highest BCUT2D eigenvalue weighted by molar-refractivity contribution is 7.13. The van der Waals surface area contributed by atoms with E-state index < -0.39 is 5.97 Å². The summed E-state index contributed by atoms with van der Waals surface area (Å²) >= 11 is 1.56. The second-order valence-electron chi connectivity index (χ2n) is 7.93. The Labute approximate surface area is 194 Å². The molecule has 1 aliphatic rings. The zero-order chi connectivity index (χ0) is 22.8. The van der Waals surface area contributed by atoms with E-state index in [1.54, 1.807) is 34.2 Å². The third-order valence-electron chi connectivity index (χ3n) is 5.67. The van der Waals surface area contributed by atoms with Crippen molar-refractivity contribution in [3.63, 3.8) is 0 Å². The van der Waals surface area contributed by atoms with Gasteiger partial charge in [-0.25, -0.2) is 9.48 Å². The van der Waals surface area contributed by atoms with E-state index in [1.807, 2.05) is 41.8 Å². The first-order chi connectivity index (χ1) is 16.1. The van der Waals surface area contributed by atoms with Crippen LogP contribution in [0.2, 0.25) is 0 Å². The Hall–Kier alpha value is -3.91. The van der Waals surface area contributed by atoms with Crippen molar-refractivity contribution in [2.45, 2.75) is 25.3 Å². The highest BCUT2D eigenvalue weighted by atomic mass is 32.1. The number of amides is 2. The van der Waals surface area contributed by atoms with E-state index in [4.69, 9.17) is 10.2 Å². The molecular formula is C25H22N4O3S. The standard InChI is InChI=1S/C25H22N4O3S/c30-24(31)14-16-5-3-7-18(13-16)29-23(15-21(28-29)22-9-4-12-33-22)27-25(32)26-20-11-10-17-6-1-2-8-19(17)20/h1-9,12-13,15,20H,10-11,14H2,(H,30,31)(H2,26,27,32). The highest BCUT2D eigenvalue weighted by Crippen LogP contribution is 2.31. The van der Waals surface area contributed by atoms with Crippen molar-refractivity contribution >= 4 is 29.2 Å². The number of thiophene rings is 1. The number of carboxylic acid groups (broad SMARTS) is 1. The largest absolute Gasteiger partial charge is 0.481 e. The number of carbonyl (C=O) groups is 2. The summed E-state index contributed by atoms with van der Waals surface area (Å²) in [6, 6.07) is 20.7. The third-order valence-corrected chi connectivity index (χ3v) is 6.57. The van der Waals surface area contributed by atoms with Gasteiger partial charge in [0, 0.05) is 6.07 Å². The normalized spacial score (nSPS) is 14.6. The lowest BCUT2D eigenvalue weighted by molar-refractivity contribution is -0.136. The quantitative estimate of drug-likeness (QED) is 0.377. The average molecular weight is 459 g/mol. The molecule has 4 aromatic rings. The number of carbonyl (C=O) groups excluding carboxylic acids is 1. The van der Waals surface area contributed by atoms with Gasteiger partial charge in [-0.3, -0.25) is 10.1 Å². The van der Waals surface area contributed by atoms with Crippen LogP contribution in [0.15, 0.2) is 72.1 Å². The molecule has 7 nitrogen and oxygen atoms in total. The predicted molar refractivity (Wildman–Crippen MR) is 128 cm³/mol. The number of hydrogen-bond donors (Lipinski definition) is 3. The van der Waals surface area contributed by atoms with Crippen LogP contribution in [0.1, 0.15) is 29.2 Å². The number of rotatable bonds is 6. The van der Waals surface area contributed by atoms with Gasteiger partial charge < -0.3 is 10.4 Å². The van der Waals surface area contributed by atoms with E-state index in [0.29, 0.717) is 17.1 Å². The van der Waals surface area contributed by atoms with E-state index in [9.17, 15) is 9.59 Å². The lowest BCUT2D eigenvalue weighted by atomic mass is 10.1. The van der Waals surface area contributed by atoms with Crippen molar-refractivity contribution in [3.8, 4) is 16.3 Å². The minimum Gasteiger partial charge on any atom is -0.481 e. The lowest BCUT2D eigenvalue weighted by Gasteiger charge is -2.15. The molecule has 0 spiro atoms. The molecule has 33 heavy (non-hydrogen) atoms. The van der Waals surface area contributed by atoms with Gasteiger partial charge >= 0.3 is 12.0 Å². The molecule has 2 amide bonds. The van der Waals surface area contributed by atoms with Crippen LogP contribution in [0.5, 0.6) is 0 Å². The van der Waals surface area contributed by atoms with Crippen molar-refractivity contribution in [3.05, 3.63) is 88.8 Å². The van der Waals surface area contributed by atoms with Crippen molar-refractivity contribution in [2.75, 3.05) is 5.32 Å². The fourth-order valence-corrected chi connectivity index (χ4v) is 4.88. The number of fused-ring (bicyclic) bond motifs is 1. The van der Waals surface area contributed by atoms with Gasteiger partial charge in [-0.2, -0.15) is 5.10 Å². The molecule has 1 atom stereocenters. The number of anilines is 1. The summed E-state index contributed by atoms with van der Waals surface area (Å²) in [7, 11) is 0. The zero-order valence-corrected chi connectivity index (χ0v) is 18.5. The van der Waals surface area contributed by atoms with Gasteiger partial charge in [0.05, 0.1) is 23.0 Å². The maximum absolute atomic E-state index is 12.9. The number of aromatic nitrogens is 2. The number of nitrogens with one attached hydrogen (secondary N) is 2. The summed E-state index contributed by atoms with van der Waals surface area (Å²) in [6.45, 7) is 0. The monoisotopic (exact) mass is 458 g/mol. The Bertz CT molecular complexity index is 1310. The smallest absolute Gasteiger partial charge is 0.320 e. The van der Waals surface area contributed by atoms with Crippen LogP contribution < -0.4 is 10.6 Å². The van der Waals surface area contributed by atoms with Crippen LogP contribution in [0.25, 0.3) is 16.3 Å². The second-order valence-corrected chi connectivity index (χ2v) is 8.88. The molecular weight excluding hydrogens is 436 g/mol. The molecule has 166 valence electrons. The molecule has 3 N–H and O–H groups in total. The van der Waals surface area contributed by atoms with Gasteiger partial charge in [0.15, 0.2) is 0 Å². The molecule has 1 aliphatic carbocycles. The SMILES string of the molecule is O=C(O)Cc1cccc(-n2nc(-c3cccs3)cc2NC(=O)NC2CCc3ccccc32)c1. The third kappa shape index (κ3) is 4.51. The first-order valence-corrected chi connectivity index (χ1v) is 11.5. The van der Waals surface area contributed by atoms with E-state index in [1.165, 1.54) is 5.56 Å². The number of nitrogens with zero attached hydrogens (tertiary/aromatic N) is 2. The fourth-order valence-electron chi connectivity index (χ4n) is 4.20. The minimum absolute atomic E-state index is 0.0340. The van der Waals surface area contributed by atoms with E-state index in [-0.39, 0.29) is 18.5 Å². The fraction of sp³-hybridized carbons (Fsp3) is 0.160. The Balaban J connectivity index is 1.43. The second kappa shape index (κ2) is 8.91. The molecule has 8 heteroatoms. The Morgan fingerprint density at radius 3 is 2.79 bits per heavy atom. The first kappa shape index (κ1) is 21.0. The summed E-state index contributed by atoms with van der Waals surface area (Å²) < 4.78 is 1.64. The lowest BCUT2D eigenvalue weighted by Crippen LogP contribution is -2.32. The summed E-state index contributed by atoms with van der Waals surface area (Å²) in [5.74, 6) is -0.392. The molecule has 0 fully saturated rings. The van der Waals surface area contributed by atoms with Crippen molar-refractivity contribution in [1.29, 1.82) is 0 Å². The van der Waals surface area contributed by atoms with Crippen LogP contribution in [0, 0.1) is 0 Å². The van der Waals surface area contributed by atoms with Gasteiger partial charge in [-0.1, -0.05) is 42.5 Å². The molecule has 2 heterocycles. The van der Waals surface area contributed by atoms with Crippen LogP contribution >= 0.6 is 11.3 Å². The molecule has 0 bridgehead atoms. The predicted octanol–water partition coefficient (Wildman–Crippen LogP) is 5.04. The first-order valence-electron chi connectivity index (χ1n) is 10.7. The Morgan fingerprint density at radius 1 is 1.09 bits per heavy atom. The zero-order valence-electron chi connectivity index (χ0n) is 17.7. The van der Waals surface area contributed by atoms with Crippen molar-refractivity contribution in [1.82, 2.24) is 15.1 Å². The average Bonchev–Trinajstić information content (AvgIpc) is 3.54. The highest BCUT2D eigenvalue weighted by Gasteiger charge is 2.24. The molecule has 0 radical (unpaired) electrons. The number of benzene rings is 2. The Kier molecular flexibility index (Phi) is 5.66. The van der Waals surface area contributed by atoms with Crippen LogP contribution in [0.3, 0.4) is 0 Å². The molecule has 0 aliphatic heterocycles.